The molecule has 1 aliphatic rings. The van der Waals surface area contributed by atoms with Gasteiger partial charge >= 0.3 is 6.18 Å². The number of morpholine rings is 1. The number of nitrogens with one attached hydrogen (secondary N) is 1. The molecule has 1 heterocycles. The maximum Gasteiger partial charge on any atom is 0.416 e. The molecule has 0 aliphatic carbocycles. The van der Waals surface area contributed by atoms with E-state index in [1.165, 1.54) is 6.07 Å². The van der Waals surface area contributed by atoms with Crippen molar-refractivity contribution in [3.8, 4) is 0 Å². The van der Waals surface area contributed by atoms with Crippen molar-refractivity contribution in [1.82, 2.24) is 10.2 Å². The van der Waals surface area contributed by atoms with Crippen LogP contribution in [0.1, 0.15) is 24.2 Å². The topological polar surface area (TPSA) is 71.0 Å². The molecule has 11 heteroatoms. The van der Waals surface area contributed by atoms with Crippen LogP contribution >= 0.6 is 24.0 Å². The Balaban J connectivity index is 0.00000392. The van der Waals surface area contributed by atoms with E-state index >= 15 is 0 Å². The third-order valence-corrected chi connectivity index (χ3v) is 6.01. The number of hydrogen-bond acceptors (Lipinski definition) is 4. The smallest absolute Gasteiger partial charge is 0.370 e. The molecule has 2 rings (SSSR count). The first-order valence-electron chi connectivity index (χ1n) is 8.61. The third-order valence-electron chi connectivity index (χ3n) is 4.30. The number of ether oxygens (including phenoxy) is 1. The molecule has 160 valence electrons. The molecule has 0 radical (unpaired) electrons. The molecule has 1 N–H and O–H groups in total. The zero-order chi connectivity index (χ0) is 20.1. The van der Waals surface area contributed by atoms with Crippen molar-refractivity contribution < 1.29 is 26.3 Å². The highest BCUT2D eigenvalue weighted by Gasteiger charge is 2.32. The standard InChI is InChI=1S/C17H24F3N3O3S.HI/c1-3-27(24,25)10-7-22-16(21-2)23-8-9-26-15(12-23)13-5-4-6-14(11-13)17(18,19)20;/h4-6,11,15H,3,7-10,12H2,1-2H3,(H,21,22);1H. The van der Waals surface area contributed by atoms with Crippen LogP contribution in [0.2, 0.25) is 0 Å². The van der Waals surface area contributed by atoms with E-state index in [1.54, 1.807) is 20.0 Å². The van der Waals surface area contributed by atoms with Gasteiger partial charge in [-0.3, -0.25) is 4.99 Å². The predicted octanol–water partition coefficient (Wildman–Crippen LogP) is 2.71. The monoisotopic (exact) mass is 535 g/mol. The number of nitrogens with zero attached hydrogens (tertiary/aromatic N) is 2. The molecule has 6 nitrogen and oxygen atoms in total. The molecule has 0 saturated carbocycles. The predicted molar refractivity (Wildman–Crippen MR) is 113 cm³/mol. The molecule has 1 aromatic carbocycles. The van der Waals surface area contributed by atoms with Gasteiger partial charge < -0.3 is 15.0 Å². The van der Waals surface area contributed by atoms with Gasteiger partial charge in [-0.25, -0.2) is 8.42 Å². The van der Waals surface area contributed by atoms with E-state index in [1.807, 2.05) is 4.90 Å². The van der Waals surface area contributed by atoms with Crippen molar-refractivity contribution in [3.63, 3.8) is 0 Å². The first-order chi connectivity index (χ1) is 12.7. The van der Waals surface area contributed by atoms with Crippen molar-refractivity contribution in [2.24, 2.45) is 4.99 Å². The van der Waals surface area contributed by atoms with Crippen LogP contribution in [0.15, 0.2) is 29.3 Å². The summed E-state index contributed by atoms with van der Waals surface area (Å²) >= 11 is 0. The summed E-state index contributed by atoms with van der Waals surface area (Å²) in [5.41, 5.74) is -0.272. The average Bonchev–Trinajstić information content (AvgIpc) is 2.65. The van der Waals surface area contributed by atoms with Crippen LogP contribution in [0, 0.1) is 0 Å². The highest BCUT2D eigenvalue weighted by atomic mass is 127. The van der Waals surface area contributed by atoms with E-state index in [0.29, 0.717) is 31.2 Å². The number of halogens is 4. The van der Waals surface area contributed by atoms with E-state index in [-0.39, 0.29) is 42.0 Å². The number of benzene rings is 1. The lowest BCUT2D eigenvalue weighted by molar-refractivity contribution is -0.137. The van der Waals surface area contributed by atoms with Gasteiger partial charge in [0.2, 0.25) is 0 Å². The summed E-state index contributed by atoms with van der Waals surface area (Å²) in [6, 6.07) is 5.09. The zero-order valence-electron chi connectivity index (χ0n) is 15.7. The number of alkyl halides is 3. The lowest BCUT2D eigenvalue weighted by Gasteiger charge is -2.35. The molecule has 0 aromatic heterocycles. The molecule has 28 heavy (non-hydrogen) atoms. The van der Waals surface area contributed by atoms with E-state index < -0.39 is 27.7 Å². The minimum Gasteiger partial charge on any atom is -0.370 e. The summed E-state index contributed by atoms with van der Waals surface area (Å²) in [7, 11) is -1.52. The Hall–Kier alpha value is -1.08. The minimum absolute atomic E-state index is 0. The van der Waals surface area contributed by atoms with Crippen LogP contribution in [0.3, 0.4) is 0 Å². The van der Waals surface area contributed by atoms with E-state index in [0.717, 1.165) is 12.1 Å². The lowest BCUT2D eigenvalue weighted by atomic mass is 10.0. The van der Waals surface area contributed by atoms with Gasteiger partial charge in [0, 0.05) is 25.9 Å². The molecule has 0 amide bonds. The molecular formula is C17H25F3IN3O3S. The molecule has 1 unspecified atom stereocenters. The second kappa shape index (κ2) is 10.6. The SMILES string of the molecule is CCS(=O)(=O)CCNC(=NC)N1CCOC(c2cccc(C(F)(F)F)c2)C1.I. The van der Waals surface area contributed by atoms with E-state index in [2.05, 4.69) is 10.3 Å². The van der Waals surface area contributed by atoms with Crippen LogP contribution in [0.4, 0.5) is 13.2 Å². The molecule has 0 bridgehead atoms. The number of hydrogen-bond donors (Lipinski definition) is 1. The van der Waals surface area contributed by atoms with Crippen LogP contribution in [-0.2, 0) is 20.8 Å². The lowest BCUT2D eigenvalue weighted by Crippen LogP contribution is -2.49. The summed E-state index contributed by atoms with van der Waals surface area (Å²) in [5, 5.41) is 3.00. The van der Waals surface area contributed by atoms with Crippen LogP contribution in [0.5, 0.6) is 0 Å². The van der Waals surface area contributed by atoms with E-state index in [4.69, 9.17) is 4.74 Å². The quantitative estimate of drug-likeness (QED) is 0.357. The Morgan fingerprint density at radius 2 is 2.11 bits per heavy atom. The molecule has 1 atom stereocenters. The van der Waals surface area contributed by atoms with Gasteiger partial charge in [0.05, 0.1) is 24.5 Å². The second-order valence-corrected chi connectivity index (χ2v) is 8.61. The zero-order valence-corrected chi connectivity index (χ0v) is 18.8. The molecule has 1 saturated heterocycles. The summed E-state index contributed by atoms with van der Waals surface area (Å²) < 4.78 is 67.6. The van der Waals surface area contributed by atoms with Crippen LogP contribution < -0.4 is 5.32 Å². The van der Waals surface area contributed by atoms with Gasteiger partial charge in [-0.1, -0.05) is 19.1 Å². The van der Waals surface area contributed by atoms with Gasteiger partial charge in [-0.05, 0) is 17.7 Å². The molecule has 1 aliphatic heterocycles. The Labute approximate surface area is 180 Å². The average molecular weight is 535 g/mol. The van der Waals surface area contributed by atoms with Crippen molar-refractivity contribution in [3.05, 3.63) is 35.4 Å². The molecule has 1 fully saturated rings. The maximum absolute atomic E-state index is 12.9. The van der Waals surface area contributed by atoms with Crippen LogP contribution in [-0.4, -0.2) is 64.1 Å². The summed E-state index contributed by atoms with van der Waals surface area (Å²) in [6.45, 7) is 2.96. The Bertz CT molecular complexity index is 772. The summed E-state index contributed by atoms with van der Waals surface area (Å²) in [5.74, 6) is 0.563. The first-order valence-corrected chi connectivity index (χ1v) is 10.4. The van der Waals surface area contributed by atoms with Gasteiger partial charge in [0.1, 0.15) is 6.10 Å². The van der Waals surface area contributed by atoms with Gasteiger partial charge in [0.15, 0.2) is 15.8 Å². The Kier molecular flexibility index (Phi) is 9.47. The Morgan fingerprint density at radius 1 is 1.39 bits per heavy atom. The molecule has 0 spiro atoms. The van der Waals surface area contributed by atoms with Crippen LogP contribution in [0.25, 0.3) is 0 Å². The highest BCUT2D eigenvalue weighted by Crippen LogP contribution is 2.32. The third kappa shape index (κ3) is 7.07. The molecule has 1 aromatic rings. The fourth-order valence-corrected chi connectivity index (χ4v) is 3.46. The summed E-state index contributed by atoms with van der Waals surface area (Å²) in [4.78, 5) is 6.00. The second-order valence-electron chi connectivity index (χ2n) is 6.14. The molecular weight excluding hydrogens is 510 g/mol. The van der Waals surface area contributed by atoms with Crippen molar-refractivity contribution >= 4 is 39.8 Å². The fourth-order valence-electron chi connectivity index (χ4n) is 2.75. The highest BCUT2D eigenvalue weighted by molar-refractivity contribution is 14.0. The van der Waals surface area contributed by atoms with Crippen molar-refractivity contribution in [2.75, 3.05) is 44.8 Å². The number of sulfone groups is 1. The number of rotatable bonds is 5. The number of guanidine groups is 1. The number of aliphatic imine (C=N–C) groups is 1. The maximum atomic E-state index is 12.9. The van der Waals surface area contributed by atoms with Crippen molar-refractivity contribution in [2.45, 2.75) is 19.2 Å². The van der Waals surface area contributed by atoms with Gasteiger partial charge in [-0.2, -0.15) is 13.2 Å². The largest absolute Gasteiger partial charge is 0.416 e. The summed E-state index contributed by atoms with van der Waals surface area (Å²) in [6.07, 6.45) is -4.94. The van der Waals surface area contributed by atoms with Gasteiger partial charge in [0.25, 0.3) is 0 Å². The van der Waals surface area contributed by atoms with Gasteiger partial charge in [-0.15, -0.1) is 24.0 Å². The van der Waals surface area contributed by atoms with E-state index in [9.17, 15) is 21.6 Å². The minimum atomic E-state index is -4.41. The van der Waals surface area contributed by atoms with Crippen molar-refractivity contribution in [1.29, 1.82) is 0 Å². The Morgan fingerprint density at radius 3 is 2.71 bits per heavy atom. The first kappa shape index (κ1) is 25.0. The normalized spacial score (nSPS) is 18.5. The fraction of sp³-hybridized carbons (Fsp3) is 0.588.